The zero-order valence-corrected chi connectivity index (χ0v) is 12.8. The van der Waals surface area contributed by atoms with Crippen LogP contribution in [0.15, 0.2) is 28.9 Å². The van der Waals surface area contributed by atoms with Gasteiger partial charge in [0.05, 0.1) is 18.6 Å². The van der Waals surface area contributed by atoms with Gasteiger partial charge in [0.25, 0.3) is 5.91 Å². The van der Waals surface area contributed by atoms with E-state index in [-0.39, 0.29) is 17.9 Å². The summed E-state index contributed by atoms with van der Waals surface area (Å²) >= 11 is 0. The molecule has 21 heavy (non-hydrogen) atoms. The topological polar surface area (TPSA) is 80.3 Å². The highest BCUT2D eigenvalue weighted by atomic mass is 16.3. The molecule has 1 unspecified atom stereocenters. The maximum atomic E-state index is 12.3. The molecule has 0 aliphatic heterocycles. The molecule has 0 saturated heterocycles. The Morgan fingerprint density at radius 1 is 1.52 bits per heavy atom. The fraction of sp³-hybridized carbons (Fsp3) is 0.467. The highest BCUT2D eigenvalue weighted by molar-refractivity contribution is 5.93. The van der Waals surface area contributed by atoms with Crippen LogP contribution in [0.5, 0.6) is 0 Å². The molecule has 2 aromatic rings. The molecule has 0 spiro atoms. The molecule has 0 bridgehead atoms. The number of hydrogen-bond donors (Lipinski definition) is 2. The van der Waals surface area contributed by atoms with E-state index >= 15 is 0 Å². The zero-order valence-electron chi connectivity index (χ0n) is 12.8. The van der Waals surface area contributed by atoms with Gasteiger partial charge in [0.15, 0.2) is 0 Å². The molecule has 1 amide bonds. The molecule has 114 valence electrons. The van der Waals surface area contributed by atoms with Crippen molar-refractivity contribution in [1.29, 1.82) is 0 Å². The van der Waals surface area contributed by atoms with E-state index in [2.05, 4.69) is 10.4 Å². The van der Waals surface area contributed by atoms with Crippen LogP contribution >= 0.6 is 0 Å². The molecule has 0 radical (unpaired) electrons. The van der Waals surface area contributed by atoms with Crippen LogP contribution in [0, 0.1) is 0 Å². The minimum absolute atomic E-state index is 0.131. The Morgan fingerprint density at radius 3 is 2.71 bits per heavy atom. The van der Waals surface area contributed by atoms with Crippen molar-refractivity contribution in [2.45, 2.75) is 32.2 Å². The van der Waals surface area contributed by atoms with E-state index in [9.17, 15) is 9.90 Å². The van der Waals surface area contributed by atoms with E-state index in [1.807, 2.05) is 20.8 Å². The van der Waals surface area contributed by atoms with E-state index in [1.54, 1.807) is 29.9 Å². The minimum Gasteiger partial charge on any atom is -0.467 e. The summed E-state index contributed by atoms with van der Waals surface area (Å²) in [5.74, 6) is 0.222. The molecule has 0 saturated carbocycles. The van der Waals surface area contributed by atoms with Gasteiger partial charge in [-0.15, -0.1) is 0 Å². The molecule has 2 aromatic heterocycles. The van der Waals surface area contributed by atoms with Crippen LogP contribution in [-0.4, -0.2) is 27.4 Å². The molecular weight excluding hydrogens is 270 g/mol. The molecule has 6 heteroatoms. The molecule has 2 heterocycles. The monoisotopic (exact) mass is 291 g/mol. The summed E-state index contributed by atoms with van der Waals surface area (Å²) in [5.41, 5.74) is 1.16. The average Bonchev–Trinajstić information content (AvgIpc) is 3.03. The first-order valence-electron chi connectivity index (χ1n) is 6.82. The maximum absolute atomic E-state index is 12.3. The van der Waals surface area contributed by atoms with Gasteiger partial charge in [-0.3, -0.25) is 9.48 Å². The van der Waals surface area contributed by atoms with Gasteiger partial charge >= 0.3 is 0 Å². The zero-order chi connectivity index (χ0) is 15.6. The van der Waals surface area contributed by atoms with Crippen molar-refractivity contribution in [3.05, 3.63) is 41.6 Å². The summed E-state index contributed by atoms with van der Waals surface area (Å²) in [6, 6.07) is 4.63. The molecule has 2 rings (SSSR count). The van der Waals surface area contributed by atoms with Crippen LogP contribution < -0.4 is 5.32 Å². The van der Waals surface area contributed by atoms with Crippen LogP contribution in [-0.2, 0) is 12.5 Å². The Morgan fingerprint density at radius 2 is 2.24 bits per heavy atom. The van der Waals surface area contributed by atoms with E-state index < -0.39 is 6.04 Å². The first kappa shape index (κ1) is 15.3. The van der Waals surface area contributed by atoms with Crippen molar-refractivity contribution >= 4 is 5.91 Å². The van der Waals surface area contributed by atoms with Crippen LogP contribution in [0.1, 0.15) is 48.8 Å². The molecule has 0 aliphatic carbocycles. The SMILES string of the molecule is Cn1nc(C(C)(C)C)cc1C(=O)NC(CO)c1ccco1. The standard InChI is InChI=1S/C15H21N3O3/c1-15(2,3)13-8-11(18(4)17-13)14(20)16-10(9-19)12-6-5-7-21-12/h5-8,10,19H,9H2,1-4H3,(H,16,20). The Hall–Kier alpha value is -2.08. The number of hydrogen-bond acceptors (Lipinski definition) is 4. The number of aliphatic hydroxyl groups excluding tert-OH is 1. The van der Waals surface area contributed by atoms with Gasteiger partial charge in [-0.25, -0.2) is 0 Å². The van der Waals surface area contributed by atoms with Gasteiger partial charge < -0.3 is 14.8 Å². The molecule has 6 nitrogen and oxygen atoms in total. The fourth-order valence-electron chi connectivity index (χ4n) is 1.97. The molecule has 0 fully saturated rings. The Bertz CT molecular complexity index is 609. The van der Waals surface area contributed by atoms with Gasteiger partial charge in [0, 0.05) is 12.5 Å². The van der Waals surface area contributed by atoms with E-state index in [4.69, 9.17) is 4.42 Å². The van der Waals surface area contributed by atoms with E-state index in [0.29, 0.717) is 11.5 Å². The average molecular weight is 291 g/mol. The molecular formula is C15H21N3O3. The number of furan rings is 1. The second-order valence-corrected chi connectivity index (χ2v) is 6.01. The van der Waals surface area contributed by atoms with Gasteiger partial charge in [-0.05, 0) is 18.2 Å². The molecule has 2 N–H and O–H groups in total. The first-order chi connectivity index (χ1) is 9.82. The molecule has 1 atom stereocenters. The lowest BCUT2D eigenvalue weighted by Crippen LogP contribution is -2.31. The summed E-state index contributed by atoms with van der Waals surface area (Å²) in [7, 11) is 1.73. The lowest BCUT2D eigenvalue weighted by atomic mass is 9.92. The second kappa shape index (κ2) is 5.73. The summed E-state index contributed by atoms with van der Waals surface area (Å²) in [6.07, 6.45) is 1.51. The van der Waals surface area contributed by atoms with Crippen LogP contribution in [0.3, 0.4) is 0 Å². The number of nitrogens with zero attached hydrogens (tertiary/aromatic N) is 2. The quantitative estimate of drug-likeness (QED) is 0.899. The van der Waals surface area contributed by atoms with Crippen molar-refractivity contribution in [3.8, 4) is 0 Å². The second-order valence-electron chi connectivity index (χ2n) is 6.01. The van der Waals surface area contributed by atoms with Crippen molar-refractivity contribution in [1.82, 2.24) is 15.1 Å². The van der Waals surface area contributed by atoms with Crippen LogP contribution in [0.2, 0.25) is 0 Å². The van der Waals surface area contributed by atoms with Crippen molar-refractivity contribution in [2.75, 3.05) is 6.61 Å². The predicted molar refractivity (Wildman–Crippen MR) is 77.9 cm³/mol. The lowest BCUT2D eigenvalue weighted by molar-refractivity contribution is 0.0897. The smallest absolute Gasteiger partial charge is 0.270 e. The van der Waals surface area contributed by atoms with Crippen molar-refractivity contribution < 1.29 is 14.3 Å². The summed E-state index contributed by atoms with van der Waals surface area (Å²) in [6.45, 7) is 5.88. The molecule has 0 aliphatic rings. The fourth-order valence-corrected chi connectivity index (χ4v) is 1.97. The van der Waals surface area contributed by atoms with E-state index in [1.165, 1.54) is 6.26 Å². The number of aromatic nitrogens is 2. The number of carbonyl (C=O) groups is 1. The minimum atomic E-state index is -0.569. The lowest BCUT2D eigenvalue weighted by Gasteiger charge is -2.14. The van der Waals surface area contributed by atoms with Crippen molar-refractivity contribution in [3.63, 3.8) is 0 Å². The summed E-state index contributed by atoms with van der Waals surface area (Å²) in [5, 5.41) is 16.5. The van der Waals surface area contributed by atoms with E-state index in [0.717, 1.165) is 5.69 Å². The summed E-state index contributed by atoms with van der Waals surface area (Å²) in [4.78, 5) is 12.3. The predicted octanol–water partition coefficient (Wildman–Crippen LogP) is 1.77. The van der Waals surface area contributed by atoms with Gasteiger partial charge in [-0.1, -0.05) is 20.8 Å². The molecule has 0 aromatic carbocycles. The third-order valence-electron chi connectivity index (χ3n) is 3.26. The highest BCUT2D eigenvalue weighted by Crippen LogP contribution is 2.22. The Kier molecular flexibility index (Phi) is 4.18. The van der Waals surface area contributed by atoms with Gasteiger partial charge in [0.1, 0.15) is 17.5 Å². The number of rotatable bonds is 4. The number of aliphatic hydroxyl groups is 1. The number of aryl methyl sites for hydroxylation is 1. The van der Waals surface area contributed by atoms with Crippen LogP contribution in [0.4, 0.5) is 0 Å². The Labute approximate surface area is 123 Å². The summed E-state index contributed by atoms with van der Waals surface area (Å²) < 4.78 is 6.76. The maximum Gasteiger partial charge on any atom is 0.270 e. The van der Waals surface area contributed by atoms with Crippen molar-refractivity contribution in [2.24, 2.45) is 7.05 Å². The normalized spacial score (nSPS) is 13.2. The third-order valence-corrected chi connectivity index (χ3v) is 3.26. The largest absolute Gasteiger partial charge is 0.467 e. The highest BCUT2D eigenvalue weighted by Gasteiger charge is 2.24. The van der Waals surface area contributed by atoms with Gasteiger partial charge in [0.2, 0.25) is 0 Å². The van der Waals surface area contributed by atoms with Gasteiger partial charge in [-0.2, -0.15) is 5.10 Å². The third kappa shape index (κ3) is 3.33. The van der Waals surface area contributed by atoms with Crippen LogP contribution in [0.25, 0.3) is 0 Å². The Balaban J connectivity index is 2.19. The number of amides is 1. The number of carbonyl (C=O) groups excluding carboxylic acids is 1. The number of nitrogens with one attached hydrogen (secondary N) is 1. The first-order valence-corrected chi connectivity index (χ1v) is 6.82.